The zero-order valence-corrected chi connectivity index (χ0v) is 16.8. The summed E-state index contributed by atoms with van der Waals surface area (Å²) in [5.74, 6) is 0.889. The molecule has 2 bridgehead atoms. The van der Waals surface area contributed by atoms with Crippen LogP contribution < -0.4 is 0 Å². The molecule has 3 fully saturated rings. The van der Waals surface area contributed by atoms with Gasteiger partial charge in [-0.25, -0.2) is 4.98 Å². The molecule has 27 heavy (non-hydrogen) atoms. The van der Waals surface area contributed by atoms with Crippen molar-refractivity contribution in [2.45, 2.75) is 51.1 Å². The molecule has 0 unspecified atom stereocenters. The van der Waals surface area contributed by atoms with E-state index in [9.17, 15) is 4.79 Å². The number of thiazole rings is 1. The van der Waals surface area contributed by atoms with Crippen LogP contribution in [0.25, 0.3) is 0 Å². The summed E-state index contributed by atoms with van der Waals surface area (Å²) in [6.45, 7) is 5.12. The molecule has 0 radical (unpaired) electrons. The smallest absolute Gasteiger partial charge is 0.228 e. The molecular formula is C22H27N3OS. The van der Waals surface area contributed by atoms with Gasteiger partial charge in [0.1, 0.15) is 0 Å². The minimum absolute atomic E-state index is 0.270. The Morgan fingerprint density at radius 1 is 1.11 bits per heavy atom. The number of fused-ring (bicyclic) bond motifs is 5. The summed E-state index contributed by atoms with van der Waals surface area (Å²) in [4.78, 5) is 22.4. The molecule has 3 saturated heterocycles. The molecule has 1 aliphatic carbocycles. The van der Waals surface area contributed by atoms with Crippen molar-refractivity contribution in [2.75, 3.05) is 19.6 Å². The Kier molecular flexibility index (Phi) is 4.52. The Balaban J connectivity index is 1.28. The predicted molar refractivity (Wildman–Crippen MR) is 108 cm³/mol. The largest absolute Gasteiger partial charge is 0.338 e. The third-order valence-corrected chi connectivity index (χ3v) is 7.43. The van der Waals surface area contributed by atoms with Crippen LogP contribution >= 0.6 is 11.3 Å². The molecule has 4 aliphatic rings. The molecule has 5 heteroatoms. The fraction of sp³-hybridized carbons (Fsp3) is 0.545. The van der Waals surface area contributed by atoms with Gasteiger partial charge in [0.05, 0.1) is 17.1 Å². The molecule has 0 saturated carbocycles. The first-order chi connectivity index (χ1) is 13.2. The van der Waals surface area contributed by atoms with Crippen molar-refractivity contribution in [2.24, 2.45) is 5.92 Å². The second kappa shape index (κ2) is 7.02. The van der Waals surface area contributed by atoms with Crippen LogP contribution in [0.15, 0.2) is 29.6 Å². The van der Waals surface area contributed by atoms with Crippen molar-refractivity contribution in [1.29, 1.82) is 0 Å². The Labute approximate surface area is 165 Å². The number of aryl methyl sites for hydroxylation is 1. The van der Waals surface area contributed by atoms with E-state index >= 15 is 0 Å². The molecule has 4 heterocycles. The van der Waals surface area contributed by atoms with Crippen molar-refractivity contribution in [3.8, 4) is 0 Å². The third kappa shape index (κ3) is 3.43. The van der Waals surface area contributed by atoms with E-state index in [-0.39, 0.29) is 5.91 Å². The molecule has 142 valence electrons. The van der Waals surface area contributed by atoms with Crippen LogP contribution in [0.5, 0.6) is 0 Å². The molecule has 0 spiro atoms. The molecule has 2 aromatic rings. The van der Waals surface area contributed by atoms with Crippen molar-refractivity contribution in [1.82, 2.24) is 14.8 Å². The standard InChI is InChI=1S/C22H27N3OS/c1-15-23-19(14-27-15)10-22(26)25-12-16-6-7-20(25)13-24(11-16)21-8-17-4-2-3-5-18(17)9-21/h2-5,14,16,20-21H,6-13H2,1H3/t16-,20+/m0/s1. The molecule has 0 N–H and O–H groups in total. The van der Waals surface area contributed by atoms with Gasteiger partial charge < -0.3 is 4.90 Å². The average molecular weight is 382 g/mol. The molecule has 4 nitrogen and oxygen atoms in total. The van der Waals surface area contributed by atoms with E-state index in [1.807, 2.05) is 12.3 Å². The van der Waals surface area contributed by atoms with Gasteiger partial charge in [-0.05, 0) is 49.7 Å². The van der Waals surface area contributed by atoms with Gasteiger partial charge in [-0.15, -0.1) is 11.3 Å². The number of carbonyl (C=O) groups excluding carboxylic acids is 1. The number of carbonyl (C=O) groups is 1. The summed E-state index contributed by atoms with van der Waals surface area (Å²) in [5.41, 5.74) is 3.97. The maximum atomic E-state index is 13.0. The lowest BCUT2D eigenvalue weighted by molar-refractivity contribution is -0.134. The van der Waals surface area contributed by atoms with E-state index in [0.29, 0.717) is 24.4 Å². The van der Waals surface area contributed by atoms with Crippen LogP contribution in [0.2, 0.25) is 0 Å². The van der Waals surface area contributed by atoms with E-state index < -0.39 is 0 Å². The highest BCUT2D eigenvalue weighted by Gasteiger charge is 2.40. The van der Waals surface area contributed by atoms with E-state index in [1.54, 1.807) is 11.3 Å². The topological polar surface area (TPSA) is 36.4 Å². The van der Waals surface area contributed by atoms with E-state index in [1.165, 1.54) is 30.4 Å². The first-order valence-electron chi connectivity index (χ1n) is 10.2. The molecule has 3 aliphatic heterocycles. The van der Waals surface area contributed by atoms with Crippen molar-refractivity contribution in [3.63, 3.8) is 0 Å². The Hall–Kier alpha value is -1.72. The van der Waals surface area contributed by atoms with Crippen LogP contribution in [0, 0.1) is 12.8 Å². The van der Waals surface area contributed by atoms with Crippen molar-refractivity contribution < 1.29 is 4.79 Å². The molecule has 1 aromatic carbocycles. The normalized spacial score (nSPS) is 25.6. The van der Waals surface area contributed by atoms with Gasteiger partial charge in [-0.2, -0.15) is 0 Å². The Bertz CT molecular complexity index is 823. The first kappa shape index (κ1) is 17.4. The summed E-state index contributed by atoms with van der Waals surface area (Å²) in [5, 5.41) is 3.08. The fourth-order valence-corrected chi connectivity index (χ4v) is 5.87. The second-order valence-corrected chi connectivity index (χ2v) is 9.52. The van der Waals surface area contributed by atoms with E-state index in [2.05, 4.69) is 39.0 Å². The van der Waals surface area contributed by atoms with Crippen LogP contribution in [-0.4, -0.2) is 52.4 Å². The summed E-state index contributed by atoms with van der Waals surface area (Å²) in [6.07, 6.45) is 5.22. The van der Waals surface area contributed by atoms with Gasteiger partial charge in [-0.1, -0.05) is 24.3 Å². The zero-order chi connectivity index (χ0) is 18.4. The maximum Gasteiger partial charge on any atom is 0.228 e. The molecule has 6 rings (SSSR count). The Morgan fingerprint density at radius 3 is 2.59 bits per heavy atom. The summed E-state index contributed by atoms with van der Waals surface area (Å²) >= 11 is 1.63. The highest BCUT2D eigenvalue weighted by atomic mass is 32.1. The number of rotatable bonds is 3. The van der Waals surface area contributed by atoms with Gasteiger partial charge >= 0.3 is 0 Å². The zero-order valence-electron chi connectivity index (χ0n) is 15.9. The summed E-state index contributed by atoms with van der Waals surface area (Å²) in [6, 6.07) is 9.88. The lowest BCUT2D eigenvalue weighted by Crippen LogP contribution is -2.48. The van der Waals surface area contributed by atoms with Gasteiger partial charge in [-0.3, -0.25) is 9.69 Å². The SMILES string of the molecule is Cc1nc(CC(=O)N2C[C@H]3CC[C@@H]2CN(C2Cc4ccccc4C2)C3)cs1. The highest BCUT2D eigenvalue weighted by molar-refractivity contribution is 7.09. The number of benzene rings is 1. The van der Waals surface area contributed by atoms with Crippen molar-refractivity contribution >= 4 is 17.2 Å². The van der Waals surface area contributed by atoms with Crippen molar-refractivity contribution in [3.05, 3.63) is 51.5 Å². The van der Waals surface area contributed by atoms with E-state index in [4.69, 9.17) is 0 Å². The average Bonchev–Trinajstić information content (AvgIpc) is 3.16. The number of nitrogens with zero attached hydrogens (tertiary/aromatic N) is 3. The summed E-state index contributed by atoms with van der Waals surface area (Å²) in [7, 11) is 0. The second-order valence-electron chi connectivity index (χ2n) is 8.46. The van der Waals surface area contributed by atoms with E-state index in [0.717, 1.165) is 36.8 Å². The highest BCUT2D eigenvalue weighted by Crippen LogP contribution is 2.33. The number of aromatic nitrogens is 1. The van der Waals surface area contributed by atoms with Gasteiger partial charge in [0, 0.05) is 37.1 Å². The minimum atomic E-state index is 0.270. The molecule has 1 amide bonds. The number of piperidine rings is 1. The lowest BCUT2D eigenvalue weighted by atomic mass is 9.94. The van der Waals surface area contributed by atoms with Gasteiger partial charge in [0.25, 0.3) is 0 Å². The molecule has 1 aromatic heterocycles. The monoisotopic (exact) mass is 381 g/mol. The third-order valence-electron chi connectivity index (χ3n) is 6.61. The van der Waals surface area contributed by atoms with Crippen LogP contribution in [0.4, 0.5) is 0 Å². The quantitative estimate of drug-likeness (QED) is 0.820. The molecule has 2 atom stereocenters. The maximum absolute atomic E-state index is 13.0. The number of amides is 1. The lowest BCUT2D eigenvalue weighted by Gasteiger charge is -2.36. The predicted octanol–water partition coefficient (Wildman–Crippen LogP) is 3.08. The summed E-state index contributed by atoms with van der Waals surface area (Å²) < 4.78 is 0. The Morgan fingerprint density at radius 2 is 1.89 bits per heavy atom. The van der Waals surface area contributed by atoms with Crippen LogP contribution in [-0.2, 0) is 24.1 Å². The van der Waals surface area contributed by atoms with Crippen LogP contribution in [0.1, 0.15) is 34.7 Å². The van der Waals surface area contributed by atoms with Gasteiger partial charge in [0.15, 0.2) is 0 Å². The first-order valence-corrected chi connectivity index (χ1v) is 11.0. The van der Waals surface area contributed by atoms with Crippen LogP contribution in [0.3, 0.4) is 0 Å². The number of hydrogen-bond donors (Lipinski definition) is 0. The molecular weight excluding hydrogens is 354 g/mol. The number of hydrogen-bond acceptors (Lipinski definition) is 4. The van der Waals surface area contributed by atoms with Gasteiger partial charge in [0.2, 0.25) is 5.91 Å². The minimum Gasteiger partial charge on any atom is -0.338 e. The fourth-order valence-electron chi connectivity index (χ4n) is 5.26.